The normalized spacial score (nSPS) is 11.4. The van der Waals surface area contributed by atoms with Crippen molar-refractivity contribution in [3.63, 3.8) is 0 Å². The van der Waals surface area contributed by atoms with E-state index in [-0.39, 0.29) is 0 Å². The van der Waals surface area contributed by atoms with Gasteiger partial charge in [0.15, 0.2) is 5.13 Å². The van der Waals surface area contributed by atoms with E-state index in [1.807, 2.05) is 54.8 Å². The molecule has 0 aliphatic heterocycles. The zero-order valence-corrected chi connectivity index (χ0v) is 14.9. The quantitative estimate of drug-likeness (QED) is 0.702. The van der Waals surface area contributed by atoms with E-state index in [0.717, 1.165) is 29.7 Å². The highest BCUT2D eigenvalue weighted by Crippen LogP contribution is 2.27. The van der Waals surface area contributed by atoms with Crippen molar-refractivity contribution in [2.45, 2.75) is 24.7 Å². The Morgan fingerprint density at radius 2 is 1.75 bits per heavy atom. The SMILES string of the molecule is CCCc1ccccc1S(=O)(=O)Nc1nc(-c2ccccc2)cs1. The number of nitrogens with one attached hydrogen (secondary N) is 1. The summed E-state index contributed by atoms with van der Waals surface area (Å²) in [6, 6.07) is 16.8. The van der Waals surface area contributed by atoms with Crippen LogP contribution in [-0.2, 0) is 16.4 Å². The van der Waals surface area contributed by atoms with Crippen molar-refractivity contribution in [2.75, 3.05) is 4.72 Å². The average Bonchev–Trinajstić information content (AvgIpc) is 3.04. The summed E-state index contributed by atoms with van der Waals surface area (Å²) in [7, 11) is -3.64. The summed E-state index contributed by atoms with van der Waals surface area (Å²) in [6.07, 6.45) is 1.62. The number of aryl methyl sites for hydroxylation is 1. The molecule has 1 heterocycles. The van der Waals surface area contributed by atoms with Crippen molar-refractivity contribution >= 4 is 26.5 Å². The Balaban J connectivity index is 1.87. The fourth-order valence-electron chi connectivity index (χ4n) is 2.47. The number of hydrogen-bond acceptors (Lipinski definition) is 4. The number of aromatic nitrogens is 1. The van der Waals surface area contributed by atoms with E-state index in [1.54, 1.807) is 12.1 Å². The Bertz CT molecular complexity index is 919. The molecule has 0 bridgehead atoms. The van der Waals surface area contributed by atoms with Crippen LogP contribution in [0.5, 0.6) is 0 Å². The molecule has 6 heteroatoms. The molecule has 2 aromatic carbocycles. The summed E-state index contributed by atoms with van der Waals surface area (Å²) in [5.41, 5.74) is 2.55. The highest BCUT2D eigenvalue weighted by molar-refractivity contribution is 7.93. The van der Waals surface area contributed by atoms with Gasteiger partial charge in [-0.3, -0.25) is 4.72 Å². The van der Waals surface area contributed by atoms with E-state index in [4.69, 9.17) is 0 Å². The third kappa shape index (κ3) is 3.66. The van der Waals surface area contributed by atoms with Crippen LogP contribution in [0.3, 0.4) is 0 Å². The molecule has 0 aliphatic rings. The van der Waals surface area contributed by atoms with Crippen LogP contribution in [0.4, 0.5) is 5.13 Å². The van der Waals surface area contributed by atoms with E-state index >= 15 is 0 Å². The average molecular weight is 358 g/mol. The lowest BCUT2D eigenvalue weighted by atomic mass is 10.1. The standard InChI is InChI=1S/C18H18N2O2S2/c1-2-8-15-11-6-7-12-17(15)24(21,22)20-18-19-16(13-23-18)14-9-4-3-5-10-14/h3-7,9-13H,2,8H2,1H3,(H,19,20). The molecular weight excluding hydrogens is 340 g/mol. The van der Waals surface area contributed by atoms with Crippen molar-refractivity contribution in [1.82, 2.24) is 4.98 Å². The lowest BCUT2D eigenvalue weighted by molar-refractivity contribution is 0.600. The first-order valence-electron chi connectivity index (χ1n) is 7.72. The molecule has 24 heavy (non-hydrogen) atoms. The Labute approximate surface area is 146 Å². The fourth-order valence-corrected chi connectivity index (χ4v) is 4.72. The number of hydrogen-bond donors (Lipinski definition) is 1. The number of nitrogens with zero attached hydrogens (tertiary/aromatic N) is 1. The molecule has 124 valence electrons. The van der Waals surface area contributed by atoms with Gasteiger partial charge in [0.25, 0.3) is 10.0 Å². The molecule has 3 aromatic rings. The smallest absolute Gasteiger partial charge is 0.255 e. The maximum absolute atomic E-state index is 12.7. The summed E-state index contributed by atoms with van der Waals surface area (Å²) in [5.74, 6) is 0. The van der Waals surface area contributed by atoms with Crippen molar-refractivity contribution in [1.29, 1.82) is 0 Å². The predicted octanol–water partition coefficient (Wildman–Crippen LogP) is 4.56. The molecule has 0 saturated carbocycles. The fraction of sp³-hybridized carbons (Fsp3) is 0.167. The van der Waals surface area contributed by atoms with Crippen LogP contribution in [0.25, 0.3) is 11.3 Å². The summed E-state index contributed by atoms with van der Waals surface area (Å²) >= 11 is 1.28. The second-order valence-corrected chi connectivity index (χ2v) is 7.88. The van der Waals surface area contributed by atoms with Crippen LogP contribution in [0.2, 0.25) is 0 Å². The first kappa shape index (κ1) is 16.7. The monoisotopic (exact) mass is 358 g/mol. The first-order valence-corrected chi connectivity index (χ1v) is 10.1. The molecule has 0 unspecified atom stereocenters. The van der Waals surface area contributed by atoms with Crippen LogP contribution in [-0.4, -0.2) is 13.4 Å². The van der Waals surface area contributed by atoms with E-state index in [2.05, 4.69) is 9.71 Å². The molecule has 4 nitrogen and oxygen atoms in total. The van der Waals surface area contributed by atoms with Crippen LogP contribution in [0, 0.1) is 0 Å². The van der Waals surface area contributed by atoms with Crippen LogP contribution in [0.1, 0.15) is 18.9 Å². The Morgan fingerprint density at radius 1 is 1.04 bits per heavy atom. The second kappa shape index (κ2) is 7.15. The summed E-state index contributed by atoms with van der Waals surface area (Å²) in [4.78, 5) is 4.72. The van der Waals surface area contributed by atoms with Gasteiger partial charge in [-0.25, -0.2) is 13.4 Å². The minimum absolute atomic E-state index is 0.323. The highest BCUT2D eigenvalue weighted by Gasteiger charge is 2.19. The van der Waals surface area contributed by atoms with Gasteiger partial charge in [-0.2, -0.15) is 0 Å². The third-order valence-electron chi connectivity index (χ3n) is 3.58. The summed E-state index contributed by atoms with van der Waals surface area (Å²) in [5, 5.41) is 2.23. The van der Waals surface area contributed by atoms with Gasteiger partial charge >= 0.3 is 0 Å². The highest BCUT2D eigenvalue weighted by atomic mass is 32.2. The Kier molecular flexibility index (Phi) is 4.97. The molecule has 0 aliphatic carbocycles. The van der Waals surface area contributed by atoms with Crippen molar-refractivity contribution in [3.8, 4) is 11.3 Å². The number of anilines is 1. The van der Waals surface area contributed by atoms with Gasteiger partial charge in [0, 0.05) is 10.9 Å². The van der Waals surface area contributed by atoms with Gasteiger partial charge < -0.3 is 0 Å². The molecule has 0 radical (unpaired) electrons. The van der Waals surface area contributed by atoms with Crippen LogP contribution >= 0.6 is 11.3 Å². The van der Waals surface area contributed by atoms with Crippen LogP contribution in [0.15, 0.2) is 64.9 Å². The van der Waals surface area contributed by atoms with Crippen LogP contribution < -0.4 is 4.72 Å². The molecule has 0 spiro atoms. The Hall–Kier alpha value is -2.18. The minimum atomic E-state index is -3.64. The summed E-state index contributed by atoms with van der Waals surface area (Å²) in [6.45, 7) is 2.03. The van der Waals surface area contributed by atoms with E-state index in [9.17, 15) is 8.42 Å². The number of benzene rings is 2. The van der Waals surface area contributed by atoms with Gasteiger partial charge in [-0.15, -0.1) is 11.3 Å². The largest absolute Gasteiger partial charge is 0.263 e. The second-order valence-electron chi connectivity index (χ2n) is 5.37. The molecule has 1 N–H and O–H groups in total. The minimum Gasteiger partial charge on any atom is -0.255 e. The first-order chi connectivity index (χ1) is 11.6. The van der Waals surface area contributed by atoms with Gasteiger partial charge in [0.1, 0.15) is 0 Å². The third-order valence-corrected chi connectivity index (χ3v) is 5.90. The van der Waals surface area contributed by atoms with Gasteiger partial charge in [-0.05, 0) is 18.1 Å². The maximum atomic E-state index is 12.7. The van der Waals surface area contributed by atoms with E-state index in [0.29, 0.717) is 10.0 Å². The number of thiazole rings is 1. The molecule has 0 saturated heterocycles. The molecule has 3 rings (SSSR count). The van der Waals surface area contributed by atoms with E-state index < -0.39 is 10.0 Å². The molecule has 0 amide bonds. The van der Waals surface area contributed by atoms with Gasteiger partial charge in [0.05, 0.1) is 10.6 Å². The topological polar surface area (TPSA) is 59.1 Å². The molecule has 0 fully saturated rings. The number of rotatable bonds is 6. The molecule has 1 aromatic heterocycles. The zero-order chi connectivity index (χ0) is 17.0. The predicted molar refractivity (Wildman–Crippen MR) is 98.8 cm³/mol. The lowest BCUT2D eigenvalue weighted by Gasteiger charge is -2.10. The van der Waals surface area contributed by atoms with Crippen molar-refractivity contribution < 1.29 is 8.42 Å². The van der Waals surface area contributed by atoms with Crippen molar-refractivity contribution in [2.24, 2.45) is 0 Å². The maximum Gasteiger partial charge on any atom is 0.263 e. The molecular formula is C18H18N2O2S2. The van der Waals surface area contributed by atoms with Gasteiger partial charge in [-0.1, -0.05) is 61.9 Å². The molecule has 0 atom stereocenters. The Morgan fingerprint density at radius 3 is 2.50 bits per heavy atom. The lowest BCUT2D eigenvalue weighted by Crippen LogP contribution is -2.14. The summed E-state index contributed by atoms with van der Waals surface area (Å²) < 4.78 is 28.0. The van der Waals surface area contributed by atoms with Gasteiger partial charge in [0.2, 0.25) is 0 Å². The number of sulfonamides is 1. The zero-order valence-electron chi connectivity index (χ0n) is 13.3. The van der Waals surface area contributed by atoms with E-state index in [1.165, 1.54) is 11.3 Å². The van der Waals surface area contributed by atoms with Crippen molar-refractivity contribution in [3.05, 3.63) is 65.5 Å².